The molecule has 0 bridgehead atoms. The molecule has 1 aromatic rings. The van der Waals surface area contributed by atoms with E-state index in [4.69, 9.17) is 4.74 Å². The number of ether oxygens (including phenoxy) is 1. The molecule has 16 heavy (non-hydrogen) atoms. The van der Waals surface area contributed by atoms with Crippen LogP contribution in [0.1, 0.15) is 38.2 Å². The fourth-order valence-corrected chi connectivity index (χ4v) is 1.57. The van der Waals surface area contributed by atoms with Crippen LogP contribution in [0.4, 0.5) is 0 Å². The van der Waals surface area contributed by atoms with E-state index in [-0.39, 0.29) is 6.10 Å². The van der Waals surface area contributed by atoms with Crippen molar-refractivity contribution in [3.05, 3.63) is 35.9 Å². The summed E-state index contributed by atoms with van der Waals surface area (Å²) < 4.78 is 5.51. The predicted octanol–water partition coefficient (Wildman–Crippen LogP) is 3.14. The van der Waals surface area contributed by atoms with E-state index in [1.807, 2.05) is 30.3 Å². The average Bonchev–Trinajstić information content (AvgIpc) is 2.33. The summed E-state index contributed by atoms with van der Waals surface area (Å²) >= 11 is 0. The Kier molecular flexibility index (Phi) is 6.86. The molecule has 2 heteroatoms. The minimum absolute atomic E-state index is 0.198. The molecule has 0 fully saturated rings. The first-order valence-corrected chi connectivity index (χ1v) is 6.12. The van der Waals surface area contributed by atoms with Crippen LogP contribution in [0.2, 0.25) is 0 Å². The molecule has 1 atom stereocenters. The van der Waals surface area contributed by atoms with Gasteiger partial charge >= 0.3 is 0 Å². The summed E-state index contributed by atoms with van der Waals surface area (Å²) in [6.07, 6.45) is 3.68. The van der Waals surface area contributed by atoms with E-state index >= 15 is 0 Å². The fourth-order valence-electron chi connectivity index (χ4n) is 1.57. The zero-order valence-corrected chi connectivity index (χ0v) is 10.1. The van der Waals surface area contributed by atoms with Crippen molar-refractivity contribution in [2.45, 2.75) is 45.3 Å². The molecular formula is C14H22O2. The number of unbranched alkanes of at least 4 members (excludes halogenated alkanes) is 1. The lowest BCUT2D eigenvalue weighted by Gasteiger charge is -2.10. The molecule has 1 aromatic carbocycles. The highest BCUT2D eigenvalue weighted by atomic mass is 16.5. The third-order valence-electron chi connectivity index (χ3n) is 2.60. The molecule has 2 nitrogen and oxygen atoms in total. The summed E-state index contributed by atoms with van der Waals surface area (Å²) in [6.45, 7) is 3.42. The van der Waals surface area contributed by atoms with E-state index in [9.17, 15) is 5.11 Å². The van der Waals surface area contributed by atoms with E-state index in [0.29, 0.717) is 13.2 Å². The Labute approximate surface area is 98.3 Å². The van der Waals surface area contributed by atoms with E-state index in [1.54, 1.807) is 0 Å². The van der Waals surface area contributed by atoms with Gasteiger partial charge in [-0.2, -0.15) is 0 Å². The first-order valence-electron chi connectivity index (χ1n) is 6.12. The minimum atomic E-state index is -0.198. The largest absolute Gasteiger partial charge is 0.393 e. The van der Waals surface area contributed by atoms with Gasteiger partial charge < -0.3 is 9.84 Å². The Morgan fingerprint density at radius 1 is 1.19 bits per heavy atom. The zero-order chi connectivity index (χ0) is 11.6. The van der Waals surface area contributed by atoms with Gasteiger partial charge in [-0.3, -0.25) is 0 Å². The van der Waals surface area contributed by atoms with Crippen LogP contribution >= 0.6 is 0 Å². The van der Waals surface area contributed by atoms with Crippen molar-refractivity contribution in [3.8, 4) is 0 Å². The third kappa shape index (κ3) is 5.89. The lowest BCUT2D eigenvalue weighted by molar-refractivity contribution is 0.0692. The van der Waals surface area contributed by atoms with Gasteiger partial charge in [-0.15, -0.1) is 0 Å². The number of hydrogen-bond acceptors (Lipinski definition) is 2. The van der Waals surface area contributed by atoms with Crippen molar-refractivity contribution in [1.29, 1.82) is 0 Å². The molecule has 0 aliphatic carbocycles. The highest BCUT2D eigenvalue weighted by Gasteiger charge is 2.02. The summed E-state index contributed by atoms with van der Waals surface area (Å²) in [6, 6.07) is 10.1. The minimum Gasteiger partial charge on any atom is -0.393 e. The third-order valence-corrected chi connectivity index (χ3v) is 2.60. The number of aliphatic hydroxyl groups excluding tert-OH is 1. The fraction of sp³-hybridized carbons (Fsp3) is 0.571. The number of benzene rings is 1. The van der Waals surface area contributed by atoms with Gasteiger partial charge in [-0.1, -0.05) is 50.1 Å². The molecule has 0 heterocycles. The van der Waals surface area contributed by atoms with Crippen LogP contribution in [0.15, 0.2) is 30.3 Å². The summed E-state index contributed by atoms with van der Waals surface area (Å²) in [7, 11) is 0. The molecular weight excluding hydrogens is 200 g/mol. The maximum absolute atomic E-state index is 9.60. The molecule has 0 radical (unpaired) electrons. The Morgan fingerprint density at radius 2 is 1.94 bits per heavy atom. The van der Waals surface area contributed by atoms with E-state index in [1.165, 1.54) is 5.56 Å². The average molecular weight is 222 g/mol. The maximum atomic E-state index is 9.60. The quantitative estimate of drug-likeness (QED) is 0.685. The second kappa shape index (κ2) is 8.31. The Bertz CT molecular complexity index is 259. The van der Waals surface area contributed by atoms with Crippen LogP contribution in [0, 0.1) is 0 Å². The number of rotatable bonds is 8. The second-order valence-electron chi connectivity index (χ2n) is 4.12. The zero-order valence-electron chi connectivity index (χ0n) is 10.1. The van der Waals surface area contributed by atoms with E-state index in [2.05, 4.69) is 6.92 Å². The summed E-state index contributed by atoms with van der Waals surface area (Å²) in [5.41, 5.74) is 1.19. The molecule has 0 spiro atoms. The van der Waals surface area contributed by atoms with Gasteiger partial charge in [0.15, 0.2) is 0 Å². The molecule has 90 valence electrons. The van der Waals surface area contributed by atoms with Gasteiger partial charge in [0, 0.05) is 6.61 Å². The lowest BCUT2D eigenvalue weighted by atomic mass is 10.1. The molecule has 1 rings (SSSR count). The lowest BCUT2D eigenvalue weighted by Crippen LogP contribution is -2.10. The number of aliphatic hydroxyl groups is 1. The molecule has 0 saturated heterocycles. The van der Waals surface area contributed by atoms with Crippen molar-refractivity contribution >= 4 is 0 Å². The van der Waals surface area contributed by atoms with Gasteiger partial charge in [0.25, 0.3) is 0 Å². The molecule has 0 aromatic heterocycles. The molecule has 1 N–H and O–H groups in total. The van der Waals surface area contributed by atoms with Gasteiger partial charge in [0.05, 0.1) is 12.7 Å². The van der Waals surface area contributed by atoms with Gasteiger partial charge in [-0.25, -0.2) is 0 Å². The van der Waals surface area contributed by atoms with Crippen LogP contribution in [0.5, 0.6) is 0 Å². The van der Waals surface area contributed by atoms with Crippen molar-refractivity contribution in [2.75, 3.05) is 6.61 Å². The van der Waals surface area contributed by atoms with Crippen molar-refractivity contribution in [3.63, 3.8) is 0 Å². The predicted molar refractivity (Wildman–Crippen MR) is 66.2 cm³/mol. The SMILES string of the molecule is CCCC[C@H](O)CCOCc1ccccc1. The first kappa shape index (κ1) is 13.2. The maximum Gasteiger partial charge on any atom is 0.0716 e. The van der Waals surface area contributed by atoms with E-state index in [0.717, 1.165) is 25.7 Å². The Morgan fingerprint density at radius 3 is 2.62 bits per heavy atom. The summed E-state index contributed by atoms with van der Waals surface area (Å²) in [4.78, 5) is 0. The Hall–Kier alpha value is -0.860. The summed E-state index contributed by atoms with van der Waals surface area (Å²) in [5.74, 6) is 0. The highest BCUT2D eigenvalue weighted by molar-refractivity contribution is 5.13. The van der Waals surface area contributed by atoms with Gasteiger partial charge in [0.2, 0.25) is 0 Å². The van der Waals surface area contributed by atoms with Crippen LogP contribution in [0.3, 0.4) is 0 Å². The monoisotopic (exact) mass is 222 g/mol. The molecule has 0 saturated carbocycles. The van der Waals surface area contributed by atoms with Crippen LogP contribution in [-0.2, 0) is 11.3 Å². The van der Waals surface area contributed by atoms with Crippen LogP contribution in [0.25, 0.3) is 0 Å². The molecule has 0 amide bonds. The van der Waals surface area contributed by atoms with Crippen molar-refractivity contribution in [1.82, 2.24) is 0 Å². The normalized spacial score (nSPS) is 12.6. The van der Waals surface area contributed by atoms with Crippen LogP contribution < -0.4 is 0 Å². The molecule has 0 aliphatic heterocycles. The number of hydrogen-bond donors (Lipinski definition) is 1. The van der Waals surface area contributed by atoms with Crippen molar-refractivity contribution < 1.29 is 9.84 Å². The van der Waals surface area contributed by atoms with E-state index < -0.39 is 0 Å². The van der Waals surface area contributed by atoms with Crippen LogP contribution in [-0.4, -0.2) is 17.8 Å². The van der Waals surface area contributed by atoms with Gasteiger partial charge in [-0.05, 0) is 18.4 Å². The first-order chi connectivity index (χ1) is 7.83. The van der Waals surface area contributed by atoms with Gasteiger partial charge in [0.1, 0.15) is 0 Å². The smallest absolute Gasteiger partial charge is 0.0716 e. The molecule has 0 unspecified atom stereocenters. The topological polar surface area (TPSA) is 29.5 Å². The second-order valence-corrected chi connectivity index (χ2v) is 4.12. The standard InChI is InChI=1S/C14H22O2/c1-2-3-9-14(15)10-11-16-12-13-7-5-4-6-8-13/h4-8,14-15H,2-3,9-12H2,1H3/t14-/m0/s1. The van der Waals surface area contributed by atoms with Crippen molar-refractivity contribution in [2.24, 2.45) is 0 Å². The molecule has 0 aliphatic rings. The highest BCUT2D eigenvalue weighted by Crippen LogP contribution is 2.06. The summed E-state index contributed by atoms with van der Waals surface area (Å²) in [5, 5.41) is 9.60. The Balaban J connectivity index is 2.03.